The third-order valence-electron chi connectivity index (χ3n) is 4.88. The quantitative estimate of drug-likeness (QED) is 0.925. The SMILES string of the molecule is CC1CCCC(OCC(=O)N2CCCC2c2ccc[nH]2)C1. The molecular formula is C17H26N2O2. The van der Waals surface area contributed by atoms with Crippen LogP contribution in [0.4, 0.5) is 0 Å². The number of aromatic nitrogens is 1. The average Bonchev–Trinajstić information content (AvgIpc) is 3.14. The number of aromatic amines is 1. The van der Waals surface area contributed by atoms with Crippen LogP contribution < -0.4 is 0 Å². The van der Waals surface area contributed by atoms with Crippen LogP contribution in [-0.2, 0) is 9.53 Å². The maximum atomic E-state index is 12.5. The Morgan fingerprint density at radius 1 is 1.38 bits per heavy atom. The molecule has 3 atom stereocenters. The number of amides is 1. The van der Waals surface area contributed by atoms with Gasteiger partial charge >= 0.3 is 0 Å². The number of carbonyl (C=O) groups excluding carboxylic acids is 1. The van der Waals surface area contributed by atoms with Gasteiger partial charge in [0.2, 0.25) is 5.91 Å². The van der Waals surface area contributed by atoms with Crippen LogP contribution in [0.1, 0.15) is 57.2 Å². The summed E-state index contributed by atoms with van der Waals surface area (Å²) in [5.74, 6) is 0.877. The van der Waals surface area contributed by atoms with E-state index >= 15 is 0 Å². The molecule has 0 bridgehead atoms. The molecular weight excluding hydrogens is 264 g/mol. The van der Waals surface area contributed by atoms with E-state index in [1.54, 1.807) is 0 Å². The maximum Gasteiger partial charge on any atom is 0.249 e. The smallest absolute Gasteiger partial charge is 0.249 e. The van der Waals surface area contributed by atoms with E-state index in [2.05, 4.69) is 18.0 Å². The molecule has 21 heavy (non-hydrogen) atoms. The number of likely N-dealkylation sites (tertiary alicyclic amines) is 1. The first-order valence-corrected chi connectivity index (χ1v) is 8.28. The molecule has 0 radical (unpaired) electrons. The molecule has 1 N–H and O–H groups in total. The number of hydrogen-bond donors (Lipinski definition) is 1. The van der Waals surface area contributed by atoms with Crippen LogP contribution in [0.3, 0.4) is 0 Å². The van der Waals surface area contributed by atoms with Crippen molar-refractivity contribution >= 4 is 5.91 Å². The van der Waals surface area contributed by atoms with Gasteiger partial charge < -0.3 is 14.6 Å². The van der Waals surface area contributed by atoms with E-state index in [4.69, 9.17) is 4.74 Å². The normalized spacial score (nSPS) is 29.8. The van der Waals surface area contributed by atoms with Gasteiger partial charge in [-0.1, -0.05) is 19.8 Å². The lowest BCUT2D eigenvalue weighted by molar-refractivity contribution is -0.140. The number of rotatable bonds is 4. The molecule has 3 rings (SSSR count). The Morgan fingerprint density at radius 2 is 2.29 bits per heavy atom. The van der Waals surface area contributed by atoms with E-state index < -0.39 is 0 Å². The van der Waals surface area contributed by atoms with Crippen molar-refractivity contribution in [2.45, 2.75) is 57.6 Å². The van der Waals surface area contributed by atoms with Crippen molar-refractivity contribution < 1.29 is 9.53 Å². The van der Waals surface area contributed by atoms with Gasteiger partial charge in [0, 0.05) is 18.4 Å². The molecule has 2 aliphatic rings. The van der Waals surface area contributed by atoms with Gasteiger partial charge in [-0.25, -0.2) is 0 Å². The Balaban J connectivity index is 1.52. The minimum Gasteiger partial charge on any atom is -0.368 e. The monoisotopic (exact) mass is 290 g/mol. The van der Waals surface area contributed by atoms with Crippen molar-refractivity contribution in [2.24, 2.45) is 5.92 Å². The standard InChI is InChI=1S/C17H26N2O2/c1-13-5-2-6-14(11-13)21-12-17(20)19-10-4-8-16(19)15-7-3-9-18-15/h3,7,9,13-14,16,18H,2,4-6,8,10-12H2,1H3. The molecule has 2 fully saturated rings. The molecule has 116 valence electrons. The van der Waals surface area contributed by atoms with E-state index in [9.17, 15) is 4.79 Å². The highest BCUT2D eigenvalue weighted by atomic mass is 16.5. The molecule has 4 heteroatoms. The Hall–Kier alpha value is -1.29. The van der Waals surface area contributed by atoms with Gasteiger partial charge in [-0.15, -0.1) is 0 Å². The van der Waals surface area contributed by atoms with Crippen LogP contribution in [0, 0.1) is 5.92 Å². The molecule has 2 heterocycles. The number of H-pyrrole nitrogens is 1. The number of nitrogens with zero attached hydrogens (tertiary/aromatic N) is 1. The van der Waals surface area contributed by atoms with Crippen LogP contribution in [0.25, 0.3) is 0 Å². The summed E-state index contributed by atoms with van der Waals surface area (Å²) in [6, 6.07) is 4.28. The first-order valence-electron chi connectivity index (χ1n) is 8.28. The number of hydrogen-bond acceptors (Lipinski definition) is 2. The second-order valence-corrected chi connectivity index (χ2v) is 6.58. The highest BCUT2D eigenvalue weighted by molar-refractivity contribution is 5.78. The molecule has 1 aliphatic carbocycles. The summed E-state index contributed by atoms with van der Waals surface area (Å²) in [5.41, 5.74) is 1.15. The molecule has 4 nitrogen and oxygen atoms in total. The van der Waals surface area contributed by atoms with Crippen molar-refractivity contribution in [3.8, 4) is 0 Å². The van der Waals surface area contributed by atoms with Crippen LogP contribution in [-0.4, -0.2) is 35.0 Å². The van der Waals surface area contributed by atoms with Crippen molar-refractivity contribution in [3.05, 3.63) is 24.0 Å². The van der Waals surface area contributed by atoms with Crippen LogP contribution >= 0.6 is 0 Å². The molecule has 1 saturated heterocycles. The molecule has 1 aliphatic heterocycles. The van der Waals surface area contributed by atoms with Gasteiger partial charge in [-0.3, -0.25) is 4.79 Å². The van der Waals surface area contributed by atoms with Crippen LogP contribution in [0.2, 0.25) is 0 Å². The third-order valence-corrected chi connectivity index (χ3v) is 4.88. The summed E-state index contributed by atoms with van der Waals surface area (Å²) in [4.78, 5) is 17.7. The van der Waals surface area contributed by atoms with Gasteiger partial charge in [0.25, 0.3) is 0 Å². The van der Waals surface area contributed by atoms with Gasteiger partial charge in [0.15, 0.2) is 0 Å². The van der Waals surface area contributed by atoms with Crippen molar-refractivity contribution in [1.82, 2.24) is 9.88 Å². The Bertz CT molecular complexity index is 457. The van der Waals surface area contributed by atoms with E-state index in [-0.39, 0.29) is 24.7 Å². The predicted molar refractivity (Wildman–Crippen MR) is 81.9 cm³/mol. The zero-order chi connectivity index (χ0) is 14.7. The molecule has 1 aromatic heterocycles. The van der Waals surface area contributed by atoms with Gasteiger partial charge in [0.1, 0.15) is 6.61 Å². The molecule has 0 aromatic carbocycles. The second kappa shape index (κ2) is 6.65. The zero-order valence-corrected chi connectivity index (χ0v) is 12.9. The molecule has 0 spiro atoms. The number of ether oxygens (including phenoxy) is 1. The van der Waals surface area contributed by atoms with E-state index in [1.165, 1.54) is 12.8 Å². The minimum absolute atomic E-state index is 0.144. The Labute approximate surface area is 126 Å². The van der Waals surface area contributed by atoms with Gasteiger partial charge in [0.05, 0.1) is 12.1 Å². The number of carbonyl (C=O) groups is 1. The van der Waals surface area contributed by atoms with Crippen LogP contribution in [0.15, 0.2) is 18.3 Å². The highest BCUT2D eigenvalue weighted by Crippen LogP contribution is 2.31. The highest BCUT2D eigenvalue weighted by Gasteiger charge is 2.31. The summed E-state index contributed by atoms with van der Waals surface area (Å²) < 4.78 is 5.89. The van der Waals surface area contributed by atoms with Crippen molar-refractivity contribution in [3.63, 3.8) is 0 Å². The number of nitrogens with one attached hydrogen (secondary N) is 1. The van der Waals surface area contributed by atoms with Crippen LogP contribution in [0.5, 0.6) is 0 Å². The molecule has 3 unspecified atom stereocenters. The largest absolute Gasteiger partial charge is 0.368 e. The fourth-order valence-electron chi connectivity index (χ4n) is 3.74. The summed E-state index contributed by atoms with van der Waals surface area (Å²) in [7, 11) is 0. The summed E-state index contributed by atoms with van der Waals surface area (Å²) in [6.45, 7) is 3.38. The zero-order valence-electron chi connectivity index (χ0n) is 12.9. The van der Waals surface area contributed by atoms with Crippen molar-refractivity contribution in [1.29, 1.82) is 0 Å². The van der Waals surface area contributed by atoms with Crippen molar-refractivity contribution in [2.75, 3.05) is 13.2 Å². The Morgan fingerprint density at radius 3 is 3.05 bits per heavy atom. The fourth-order valence-corrected chi connectivity index (χ4v) is 3.74. The molecule has 1 aromatic rings. The molecule has 1 saturated carbocycles. The molecule has 1 amide bonds. The summed E-state index contributed by atoms with van der Waals surface area (Å²) in [6.07, 6.45) is 9.08. The third kappa shape index (κ3) is 3.49. The van der Waals surface area contributed by atoms with E-state index in [0.29, 0.717) is 0 Å². The van der Waals surface area contributed by atoms with Gasteiger partial charge in [-0.05, 0) is 43.7 Å². The lowest BCUT2D eigenvalue weighted by atomic mass is 9.89. The fraction of sp³-hybridized carbons (Fsp3) is 0.706. The first kappa shape index (κ1) is 14.6. The Kier molecular flexibility index (Phi) is 4.63. The van der Waals surface area contributed by atoms with E-state index in [0.717, 1.165) is 43.8 Å². The summed E-state index contributed by atoms with van der Waals surface area (Å²) in [5, 5.41) is 0. The average molecular weight is 290 g/mol. The first-order chi connectivity index (χ1) is 10.2. The lowest BCUT2D eigenvalue weighted by Gasteiger charge is -2.28. The minimum atomic E-state index is 0.144. The lowest BCUT2D eigenvalue weighted by Crippen LogP contribution is -2.35. The maximum absolute atomic E-state index is 12.5. The van der Waals surface area contributed by atoms with E-state index in [1.807, 2.05) is 17.2 Å². The summed E-state index contributed by atoms with van der Waals surface area (Å²) >= 11 is 0. The topological polar surface area (TPSA) is 45.3 Å². The predicted octanol–water partition coefficient (Wildman–Crippen LogP) is 3.27. The second-order valence-electron chi connectivity index (χ2n) is 6.58. The van der Waals surface area contributed by atoms with Gasteiger partial charge in [-0.2, -0.15) is 0 Å².